The lowest BCUT2D eigenvalue weighted by atomic mass is 10.1. The van der Waals surface area contributed by atoms with Gasteiger partial charge in [0.15, 0.2) is 11.0 Å². The minimum Gasteiger partial charge on any atom is -0.333 e. The van der Waals surface area contributed by atoms with Gasteiger partial charge in [0.1, 0.15) is 10.7 Å². The Bertz CT molecular complexity index is 1300. The molecule has 1 amide bonds. The summed E-state index contributed by atoms with van der Waals surface area (Å²) in [6.45, 7) is 0. The third-order valence-corrected chi connectivity index (χ3v) is 7.24. The smallest absolute Gasteiger partial charge is 0.276 e. The fraction of sp³-hybridized carbons (Fsp3) is 0.0476. The van der Waals surface area contributed by atoms with E-state index in [0.717, 1.165) is 31.8 Å². The molecule has 30 heavy (non-hydrogen) atoms. The number of benzene rings is 1. The van der Waals surface area contributed by atoms with Crippen molar-refractivity contribution < 1.29 is 4.79 Å². The first-order valence-electron chi connectivity index (χ1n) is 9.04. The number of nitrogens with one attached hydrogen (secondary N) is 1. The number of carbonyl (C=O) groups is 1. The normalized spacial score (nSPS) is 11.0. The first kappa shape index (κ1) is 18.9. The van der Waals surface area contributed by atoms with Crippen molar-refractivity contribution in [2.75, 3.05) is 5.32 Å². The first-order valence-corrected chi connectivity index (χ1v) is 11.6. The molecule has 9 heteroatoms. The Morgan fingerprint density at radius 3 is 2.67 bits per heavy atom. The van der Waals surface area contributed by atoms with Crippen LogP contribution in [0.3, 0.4) is 0 Å². The lowest BCUT2D eigenvalue weighted by Crippen LogP contribution is -2.12. The second-order valence-corrected chi connectivity index (χ2v) is 9.20. The molecule has 5 rings (SSSR count). The minimum atomic E-state index is -0.270. The quantitative estimate of drug-likeness (QED) is 0.376. The number of thiazole rings is 2. The highest BCUT2D eigenvalue weighted by Gasteiger charge is 2.20. The van der Waals surface area contributed by atoms with Gasteiger partial charge in [-0.25, -0.2) is 15.0 Å². The Morgan fingerprint density at radius 2 is 1.93 bits per heavy atom. The maximum Gasteiger partial charge on any atom is 0.276 e. The summed E-state index contributed by atoms with van der Waals surface area (Å²) < 4.78 is 1.94. The second kappa shape index (κ2) is 7.94. The van der Waals surface area contributed by atoms with Crippen LogP contribution in [0.2, 0.25) is 0 Å². The van der Waals surface area contributed by atoms with Gasteiger partial charge in [0.25, 0.3) is 5.91 Å². The fourth-order valence-electron chi connectivity index (χ4n) is 2.95. The first-order chi connectivity index (χ1) is 14.7. The van der Waals surface area contributed by atoms with E-state index in [1.54, 1.807) is 22.9 Å². The van der Waals surface area contributed by atoms with Crippen LogP contribution in [0, 0.1) is 0 Å². The van der Waals surface area contributed by atoms with Gasteiger partial charge >= 0.3 is 0 Å². The van der Waals surface area contributed by atoms with Gasteiger partial charge in [-0.1, -0.05) is 47.7 Å². The van der Waals surface area contributed by atoms with Gasteiger partial charge in [0.2, 0.25) is 0 Å². The fourth-order valence-corrected chi connectivity index (χ4v) is 5.59. The van der Waals surface area contributed by atoms with Crippen LogP contribution in [-0.2, 0) is 7.05 Å². The average Bonchev–Trinajstić information content (AvgIpc) is 3.54. The summed E-state index contributed by atoms with van der Waals surface area (Å²) in [6, 6.07) is 13.9. The molecular weight excluding hydrogens is 434 g/mol. The van der Waals surface area contributed by atoms with Crippen LogP contribution in [0.25, 0.3) is 31.8 Å². The van der Waals surface area contributed by atoms with Crippen molar-refractivity contribution in [1.82, 2.24) is 19.5 Å². The Kier molecular flexibility index (Phi) is 4.99. The highest BCUT2D eigenvalue weighted by Crippen LogP contribution is 2.38. The van der Waals surface area contributed by atoms with Crippen molar-refractivity contribution >= 4 is 45.0 Å². The van der Waals surface area contributed by atoms with Crippen LogP contribution in [0.5, 0.6) is 0 Å². The minimum absolute atomic E-state index is 0.270. The number of rotatable bonds is 5. The third kappa shape index (κ3) is 3.58. The van der Waals surface area contributed by atoms with Crippen molar-refractivity contribution in [1.29, 1.82) is 0 Å². The van der Waals surface area contributed by atoms with E-state index >= 15 is 0 Å². The number of hydrogen-bond acceptors (Lipinski definition) is 7. The molecule has 0 bridgehead atoms. The van der Waals surface area contributed by atoms with Gasteiger partial charge in [0, 0.05) is 30.4 Å². The monoisotopic (exact) mass is 449 g/mol. The number of carbonyl (C=O) groups excluding carboxylic acids is 1. The van der Waals surface area contributed by atoms with Crippen molar-refractivity contribution in [3.8, 4) is 31.8 Å². The van der Waals surface area contributed by atoms with Gasteiger partial charge in [-0.05, 0) is 11.4 Å². The van der Waals surface area contributed by atoms with Gasteiger partial charge in [-0.2, -0.15) is 0 Å². The van der Waals surface area contributed by atoms with E-state index in [2.05, 4.69) is 15.3 Å². The Morgan fingerprint density at radius 1 is 1.07 bits per heavy atom. The zero-order chi connectivity index (χ0) is 20.5. The molecule has 0 saturated carbocycles. The number of amides is 1. The van der Waals surface area contributed by atoms with Crippen LogP contribution in [0.4, 0.5) is 5.13 Å². The SMILES string of the molecule is Cn1ccnc1-c1sc(NC(=O)c2csc(-c3cccs3)n2)nc1-c1ccccc1. The standard InChI is InChI=1S/C21H15N5OS3/c1-26-10-9-22-18(26)17-16(13-6-3-2-4-7-13)24-21(30-17)25-19(27)14-12-29-20(23-14)15-8-5-11-28-15/h2-12H,1H3,(H,24,25,27). The number of aryl methyl sites for hydroxylation is 1. The molecule has 0 atom stereocenters. The maximum atomic E-state index is 12.8. The van der Waals surface area contributed by atoms with Gasteiger partial charge in [0.05, 0.1) is 15.4 Å². The largest absolute Gasteiger partial charge is 0.333 e. The van der Waals surface area contributed by atoms with Crippen LogP contribution >= 0.6 is 34.0 Å². The molecule has 6 nitrogen and oxygen atoms in total. The highest BCUT2D eigenvalue weighted by atomic mass is 32.1. The molecule has 1 N–H and O–H groups in total. The van der Waals surface area contributed by atoms with E-state index < -0.39 is 0 Å². The van der Waals surface area contributed by atoms with Crippen molar-refractivity contribution in [2.24, 2.45) is 7.05 Å². The zero-order valence-corrected chi connectivity index (χ0v) is 18.2. The Balaban J connectivity index is 1.47. The lowest BCUT2D eigenvalue weighted by Gasteiger charge is -2.02. The Hall–Kier alpha value is -3.14. The van der Waals surface area contributed by atoms with Crippen LogP contribution in [0.1, 0.15) is 10.5 Å². The van der Waals surface area contributed by atoms with E-state index in [0.29, 0.717) is 10.8 Å². The predicted octanol–water partition coefficient (Wildman–Crippen LogP) is 5.65. The van der Waals surface area contributed by atoms with E-state index in [4.69, 9.17) is 4.98 Å². The lowest BCUT2D eigenvalue weighted by molar-refractivity contribution is 0.102. The van der Waals surface area contributed by atoms with Crippen LogP contribution in [-0.4, -0.2) is 25.4 Å². The molecule has 0 aliphatic heterocycles. The van der Waals surface area contributed by atoms with Gasteiger partial charge < -0.3 is 4.57 Å². The molecule has 0 fully saturated rings. The summed E-state index contributed by atoms with van der Waals surface area (Å²) in [5.41, 5.74) is 2.15. The number of hydrogen-bond donors (Lipinski definition) is 1. The maximum absolute atomic E-state index is 12.8. The topological polar surface area (TPSA) is 72.7 Å². The predicted molar refractivity (Wildman–Crippen MR) is 123 cm³/mol. The average molecular weight is 450 g/mol. The molecule has 0 aliphatic carbocycles. The van der Waals surface area contributed by atoms with Gasteiger partial charge in [-0.15, -0.1) is 22.7 Å². The molecule has 4 heterocycles. The molecule has 5 aromatic rings. The number of nitrogens with zero attached hydrogens (tertiary/aromatic N) is 4. The van der Waals surface area contributed by atoms with Crippen LogP contribution in [0.15, 0.2) is 65.6 Å². The molecule has 0 saturated heterocycles. The second-order valence-electron chi connectivity index (χ2n) is 6.39. The Labute approximate surface area is 184 Å². The zero-order valence-electron chi connectivity index (χ0n) is 15.8. The molecule has 0 aliphatic rings. The molecule has 148 valence electrons. The van der Waals surface area contributed by atoms with Crippen LogP contribution < -0.4 is 5.32 Å². The molecular formula is C21H15N5OS3. The molecule has 4 aromatic heterocycles. The summed E-state index contributed by atoms with van der Waals surface area (Å²) in [4.78, 5) is 28.4. The van der Waals surface area contributed by atoms with E-state index in [-0.39, 0.29) is 5.91 Å². The third-order valence-electron chi connectivity index (χ3n) is 4.39. The van der Waals surface area contributed by atoms with Gasteiger partial charge in [-0.3, -0.25) is 10.1 Å². The molecule has 0 unspecified atom stereocenters. The summed E-state index contributed by atoms with van der Waals surface area (Å²) in [6.07, 6.45) is 3.65. The molecule has 0 radical (unpaired) electrons. The number of thiophene rings is 1. The number of anilines is 1. The summed E-state index contributed by atoms with van der Waals surface area (Å²) in [5.74, 6) is 0.536. The van der Waals surface area contributed by atoms with E-state index in [9.17, 15) is 4.79 Å². The number of aromatic nitrogens is 4. The van der Waals surface area contributed by atoms with Crippen molar-refractivity contribution in [2.45, 2.75) is 0 Å². The highest BCUT2D eigenvalue weighted by molar-refractivity contribution is 7.20. The van der Waals surface area contributed by atoms with Crippen molar-refractivity contribution in [3.63, 3.8) is 0 Å². The summed E-state index contributed by atoms with van der Waals surface area (Å²) >= 11 is 4.47. The summed E-state index contributed by atoms with van der Waals surface area (Å²) in [7, 11) is 1.94. The van der Waals surface area contributed by atoms with Crippen molar-refractivity contribution in [3.05, 3.63) is 71.3 Å². The molecule has 0 spiro atoms. The van der Waals surface area contributed by atoms with E-state index in [1.165, 1.54) is 22.7 Å². The van der Waals surface area contributed by atoms with E-state index in [1.807, 2.05) is 65.7 Å². The number of imidazole rings is 1. The molecule has 1 aromatic carbocycles. The summed E-state index contributed by atoms with van der Waals surface area (Å²) in [5, 5.41) is 8.03.